The molecular weight excluding hydrogens is 370 g/mol. The van der Waals surface area contributed by atoms with Gasteiger partial charge in [-0.3, -0.25) is 14.4 Å². The van der Waals surface area contributed by atoms with E-state index in [9.17, 15) is 14.4 Å². The van der Waals surface area contributed by atoms with Gasteiger partial charge in [-0.2, -0.15) is 0 Å². The molecule has 2 aromatic rings. The summed E-state index contributed by atoms with van der Waals surface area (Å²) in [5.74, 6) is -0.881. The molecule has 0 bridgehead atoms. The maximum atomic E-state index is 13.1. The van der Waals surface area contributed by atoms with Crippen molar-refractivity contribution in [2.75, 3.05) is 19.6 Å². The third-order valence-electron chi connectivity index (χ3n) is 4.98. The molecule has 0 radical (unpaired) electrons. The second-order valence-corrected chi connectivity index (χ2v) is 7.19. The molecule has 8 heteroatoms. The van der Waals surface area contributed by atoms with E-state index in [4.69, 9.17) is 0 Å². The van der Waals surface area contributed by atoms with Gasteiger partial charge in [0.05, 0.1) is 6.54 Å². The summed E-state index contributed by atoms with van der Waals surface area (Å²) < 4.78 is 0. The Morgan fingerprint density at radius 2 is 1.97 bits per heavy atom. The largest absolute Gasteiger partial charge is 0.347 e. The number of piperazine rings is 1. The van der Waals surface area contributed by atoms with Crippen molar-refractivity contribution in [1.82, 2.24) is 25.1 Å². The number of nitrogens with zero attached hydrogens (tertiary/aromatic N) is 3. The molecule has 0 aliphatic carbocycles. The van der Waals surface area contributed by atoms with Crippen LogP contribution in [0.25, 0.3) is 0 Å². The summed E-state index contributed by atoms with van der Waals surface area (Å²) in [6.45, 7) is 5.45. The predicted octanol–water partition coefficient (Wildman–Crippen LogP) is 1.55. The van der Waals surface area contributed by atoms with Crippen LogP contribution in [0.4, 0.5) is 0 Å². The summed E-state index contributed by atoms with van der Waals surface area (Å²) >= 11 is 0. The van der Waals surface area contributed by atoms with E-state index in [0.717, 1.165) is 18.5 Å². The number of aromatic nitrogens is 2. The maximum absolute atomic E-state index is 13.1. The van der Waals surface area contributed by atoms with E-state index >= 15 is 0 Å². The van der Waals surface area contributed by atoms with Crippen LogP contribution in [0.3, 0.4) is 0 Å². The van der Waals surface area contributed by atoms with Gasteiger partial charge in [-0.05, 0) is 18.9 Å². The van der Waals surface area contributed by atoms with Crippen molar-refractivity contribution in [2.24, 2.45) is 0 Å². The van der Waals surface area contributed by atoms with Crippen LogP contribution >= 0.6 is 0 Å². The molecule has 29 heavy (non-hydrogen) atoms. The zero-order valence-electron chi connectivity index (χ0n) is 16.9. The zero-order chi connectivity index (χ0) is 20.8. The van der Waals surface area contributed by atoms with E-state index in [1.807, 2.05) is 32.0 Å². The summed E-state index contributed by atoms with van der Waals surface area (Å²) in [5.41, 5.74) is 1.57. The topological polar surface area (TPSA) is 98.4 Å². The SMILES string of the molecule is CCCCN1CCN([C@@H](C(=O)NCc2ncc(C)[nH]2)c2ccccc2)C(=O)C1=O. The van der Waals surface area contributed by atoms with Gasteiger partial charge in [-0.15, -0.1) is 0 Å². The summed E-state index contributed by atoms with van der Waals surface area (Å²) in [5, 5.41) is 2.84. The number of carbonyl (C=O) groups is 3. The van der Waals surface area contributed by atoms with Crippen molar-refractivity contribution in [1.29, 1.82) is 0 Å². The third-order valence-corrected chi connectivity index (χ3v) is 4.98. The van der Waals surface area contributed by atoms with Crippen LogP contribution in [-0.4, -0.2) is 57.1 Å². The summed E-state index contributed by atoms with van der Waals surface area (Å²) in [6, 6.07) is 8.20. The standard InChI is InChI=1S/C21H27N5O3/c1-3-4-10-25-11-12-26(21(29)20(25)28)18(16-8-6-5-7-9-16)19(27)23-14-17-22-13-15(2)24-17/h5-9,13,18H,3-4,10-12,14H2,1-2H3,(H,22,24)(H,23,27)/t18-/m1/s1. The number of rotatable bonds is 8. The first-order valence-corrected chi connectivity index (χ1v) is 9.94. The fraction of sp³-hybridized carbons (Fsp3) is 0.429. The highest BCUT2D eigenvalue weighted by molar-refractivity contribution is 6.35. The molecule has 1 aliphatic heterocycles. The van der Waals surface area contributed by atoms with Crippen molar-refractivity contribution >= 4 is 17.7 Å². The van der Waals surface area contributed by atoms with Gasteiger partial charge in [0.1, 0.15) is 11.9 Å². The summed E-state index contributed by atoms with van der Waals surface area (Å²) in [4.78, 5) is 48.7. The lowest BCUT2D eigenvalue weighted by molar-refractivity contribution is -0.159. The molecule has 1 aliphatic rings. The lowest BCUT2D eigenvalue weighted by Gasteiger charge is -2.38. The van der Waals surface area contributed by atoms with Gasteiger partial charge >= 0.3 is 11.8 Å². The smallest absolute Gasteiger partial charge is 0.313 e. The second-order valence-electron chi connectivity index (χ2n) is 7.19. The number of H-pyrrole nitrogens is 1. The number of amides is 3. The monoisotopic (exact) mass is 397 g/mol. The minimum Gasteiger partial charge on any atom is -0.347 e. The molecule has 1 aromatic heterocycles. The Kier molecular flexibility index (Phi) is 6.64. The molecule has 1 atom stereocenters. The molecule has 3 rings (SSSR count). The predicted molar refractivity (Wildman–Crippen MR) is 108 cm³/mol. The second kappa shape index (κ2) is 9.36. The van der Waals surface area contributed by atoms with Crippen molar-refractivity contribution in [3.63, 3.8) is 0 Å². The average molecular weight is 397 g/mol. The Morgan fingerprint density at radius 1 is 1.21 bits per heavy atom. The van der Waals surface area contributed by atoms with E-state index in [1.165, 1.54) is 4.90 Å². The molecule has 1 fully saturated rings. The normalized spacial score (nSPS) is 15.5. The van der Waals surface area contributed by atoms with Crippen molar-refractivity contribution in [2.45, 2.75) is 39.3 Å². The van der Waals surface area contributed by atoms with Gasteiger partial charge in [0.15, 0.2) is 0 Å². The Bertz CT molecular complexity index is 864. The first-order valence-electron chi connectivity index (χ1n) is 9.94. The van der Waals surface area contributed by atoms with Crippen LogP contribution in [0.5, 0.6) is 0 Å². The van der Waals surface area contributed by atoms with Gasteiger partial charge in [0.2, 0.25) is 5.91 Å². The lowest BCUT2D eigenvalue weighted by Crippen LogP contribution is -2.57. The van der Waals surface area contributed by atoms with Crippen LogP contribution in [0.15, 0.2) is 36.5 Å². The van der Waals surface area contributed by atoms with Crippen molar-refractivity contribution in [3.05, 3.63) is 53.6 Å². The van der Waals surface area contributed by atoms with Crippen LogP contribution < -0.4 is 5.32 Å². The quantitative estimate of drug-likeness (QED) is 0.660. The minimum atomic E-state index is -0.864. The minimum absolute atomic E-state index is 0.217. The third kappa shape index (κ3) is 4.82. The highest BCUT2D eigenvalue weighted by atomic mass is 16.2. The number of imidazole rings is 1. The van der Waals surface area contributed by atoms with Gasteiger partial charge in [0, 0.05) is 31.5 Å². The number of carbonyl (C=O) groups excluding carboxylic acids is 3. The van der Waals surface area contributed by atoms with E-state index in [0.29, 0.717) is 31.0 Å². The molecular formula is C21H27N5O3. The van der Waals surface area contributed by atoms with Gasteiger partial charge in [-0.1, -0.05) is 43.7 Å². The van der Waals surface area contributed by atoms with Crippen molar-refractivity contribution < 1.29 is 14.4 Å². The van der Waals surface area contributed by atoms with Gasteiger partial charge < -0.3 is 20.1 Å². The van der Waals surface area contributed by atoms with Crippen LogP contribution in [0, 0.1) is 6.92 Å². The van der Waals surface area contributed by atoms with Crippen LogP contribution in [-0.2, 0) is 20.9 Å². The summed E-state index contributed by atoms with van der Waals surface area (Å²) in [7, 11) is 0. The molecule has 154 valence electrons. The molecule has 0 saturated carbocycles. The molecule has 0 spiro atoms. The Morgan fingerprint density at radius 3 is 2.62 bits per heavy atom. The molecule has 3 amide bonds. The number of hydrogen-bond donors (Lipinski definition) is 2. The number of unbranched alkanes of at least 4 members (excludes halogenated alkanes) is 1. The van der Waals surface area contributed by atoms with Crippen LogP contribution in [0.2, 0.25) is 0 Å². The number of hydrogen-bond acceptors (Lipinski definition) is 4. The van der Waals surface area contributed by atoms with E-state index < -0.39 is 17.9 Å². The molecule has 1 saturated heterocycles. The van der Waals surface area contributed by atoms with Gasteiger partial charge in [-0.25, -0.2) is 4.98 Å². The van der Waals surface area contributed by atoms with E-state index in [-0.39, 0.29) is 12.5 Å². The lowest BCUT2D eigenvalue weighted by atomic mass is 10.0. The first kappa shape index (κ1) is 20.6. The maximum Gasteiger partial charge on any atom is 0.313 e. The number of aromatic amines is 1. The highest BCUT2D eigenvalue weighted by Crippen LogP contribution is 2.24. The molecule has 0 unspecified atom stereocenters. The molecule has 1 aromatic carbocycles. The molecule has 2 N–H and O–H groups in total. The number of benzene rings is 1. The Balaban J connectivity index is 1.78. The number of aryl methyl sites for hydroxylation is 1. The zero-order valence-corrected chi connectivity index (χ0v) is 16.9. The van der Waals surface area contributed by atoms with Gasteiger partial charge in [0.25, 0.3) is 0 Å². The van der Waals surface area contributed by atoms with E-state index in [2.05, 4.69) is 15.3 Å². The van der Waals surface area contributed by atoms with Crippen LogP contribution in [0.1, 0.15) is 42.9 Å². The Hall–Kier alpha value is -3.16. The van der Waals surface area contributed by atoms with Crippen molar-refractivity contribution in [3.8, 4) is 0 Å². The number of nitrogens with one attached hydrogen (secondary N) is 2. The molecule has 8 nitrogen and oxygen atoms in total. The summed E-state index contributed by atoms with van der Waals surface area (Å²) in [6.07, 6.45) is 3.49. The highest BCUT2D eigenvalue weighted by Gasteiger charge is 2.39. The fourth-order valence-corrected chi connectivity index (χ4v) is 3.43. The Labute approximate surface area is 170 Å². The fourth-order valence-electron chi connectivity index (χ4n) is 3.43. The average Bonchev–Trinajstić information content (AvgIpc) is 3.15. The van der Waals surface area contributed by atoms with E-state index in [1.54, 1.807) is 23.2 Å². The first-order chi connectivity index (χ1) is 14.0. The molecule has 2 heterocycles.